The van der Waals surface area contributed by atoms with E-state index < -0.39 is 24.0 Å². The van der Waals surface area contributed by atoms with E-state index in [-0.39, 0.29) is 32.8 Å². The number of esters is 3. The molecule has 0 fully saturated rings. The first-order valence-electron chi connectivity index (χ1n) is 10.1. The van der Waals surface area contributed by atoms with Crippen molar-refractivity contribution in [3.8, 4) is 11.5 Å². The molecule has 1 amide bonds. The molecule has 0 saturated carbocycles. The first-order valence-corrected chi connectivity index (χ1v) is 10.1. The molecule has 0 aliphatic heterocycles. The zero-order valence-corrected chi connectivity index (χ0v) is 18.7. The number of methoxy groups -OCH3 is 2. The van der Waals surface area contributed by atoms with E-state index in [4.69, 9.17) is 18.9 Å². The predicted molar refractivity (Wildman–Crippen MR) is 118 cm³/mol. The van der Waals surface area contributed by atoms with Gasteiger partial charge in [0, 0.05) is 5.69 Å². The van der Waals surface area contributed by atoms with E-state index in [1.807, 2.05) is 0 Å². The topological polar surface area (TPSA) is 136 Å². The number of hydrogen-bond donors (Lipinski definition) is 1. The Bertz CT molecular complexity index is 877. The lowest BCUT2D eigenvalue weighted by Gasteiger charge is -2.09. The van der Waals surface area contributed by atoms with Gasteiger partial charge in [-0.25, -0.2) is 14.4 Å². The quantitative estimate of drug-likeness (QED) is 0.276. The normalized spacial score (nSPS) is 9.94. The van der Waals surface area contributed by atoms with Crippen LogP contribution in [0.25, 0.3) is 0 Å². The van der Waals surface area contributed by atoms with E-state index in [9.17, 15) is 19.2 Å². The number of carbonyl (C=O) groups excluding carboxylic acids is 4. The molecule has 0 radical (unpaired) electrons. The molecule has 0 heterocycles. The van der Waals surface area contributed by atoms with Crippen molar-refractivity contribution >= 4 is 29.7 Å². The summed E-state index contributed by atoms with van der Waals surface area (Å²) >= 11 is 0. The molecule has 1 N–H and O–H groups in total. The van der Waals surface area contributed by atoms with Gasteiger partial charge in [0.05, 0.1) is 20.6 Å². The highest BCUT2D eigenvalue weighted by atomic mass is 16.6. The van der Waals surface area contributed by atoms with Crippen LogP contribution in [0.15, 0.2) is 48.5 Å². The summed E-state index contributed by atoms with van der Waals surface area (Å²) in [7, 11) is 2.53. The fraction of sp³-hybridized carbons (Fsp3) is 0.304. The molecule has 2 aromatic carbocycles. The van der Waals surface area contributed by atoms with Crippen LogP contribution in [0.3, 0.4) is 0 Å². The van der Waals surface area contributed by atoms with Crippen LogP contribution in [0.2, 0.25) is 0 Å². The van der Waals surface area contributed by atoms with Crippen molar-refractivity contribution < 1.29 is 47.6 Å². The smallest absolute Gasteiger partial charge is 0.411 e. The van der Waals surface area contributed by atoms with Crippen molar-refractivity contribution in [3.05, 3.63) is 54.1 Å². The van der Waals surface area contributed by atoms with Gasteiger partial charge in [-0.1, -0.05) is 12.1 Å². The van der Waals surface area contributed by atoms with Gasteiger partial charge in [-0.3, -0.25) is 10.1 Å². The van der Waals surface area contributed by atoms with Crippen LogP contribution in [0.4, 0.5) is 10.5 Å². The number of ether oxygens (including phenoxy) is 6. The fourth-order valence-electron chi connectivity index (χ4n) is 2.40. The van der Waals surface area contributed by atoms with Gasteiger partial charge in [0.25, 0.3) is 0 Å². The Morgan fingerprint density at radius 2 is 1.18 bits per heavy atom. The molecular formula is C23H25NO10. The second kappa shape index (κ2) is 14.0. The van der Waals surface area contributed by atoms with Crippen molar-refractivity contribution in [1.29, 1.82) is 0 Å². The van der Waals surface area contributed by atoms with E-state index in [1.165, 1.54) is 14.2 Å². The third-order valence-corrected chi connectivity index (χ3v) is 4.12. The highest BCUT2D eigenvalue weighted by molar-refractivity contribution is 5.84. The maximum absolute atomic E-state index is 11.9. The summed E-state index contributed by atoms with van der Waals surface area (Å²) in [5, 5.41) is 2.51. The van der Waals surface area contributed by atoms with Crippen LogP contribution in [0.5, 0.6) is 11.5 Å². The first kappa shape index (κ1) is 26.0. The van der Waals surface area contributed by atoms with E-state index in [2.05, 4.69) is 14.8 Å². The second-order valence-electron chi connectivity index (χ2n) is 6.56. The molecule has 0 atom stereocenters. The summed E-state index contributed by atoms with van der Waals surface area (Å²) in [5.41, 5.74) is 1.14. The summed E-state index contributed by atoms with van der Waals surface area (Å²) in [6.45, 7) is -0.659. The van der Waals surface area contributed by atoms with Gasteiger partial charge in [-0.05, 0) is 42.0 Å². The summed E-state index contributed by atoms with van der Waals surface area (Å²) in [5.74, 6) is -0.602. The molecule has 182 valence electrons. The number of nitrogens with one attached hydrogen (secondary N) is 1. The minimum absolute atomic E-state index is 0.0217. The Morgan fingerprint density at radius 1 is 0.676 bits per heavy atom. The molecule has 0 unspecified atom stereocenters. The lowest BCUT2D eigenvalue weighted by Crippen LogP contribution is -2.18. The Kier molecular flexibility index (Phi) is 10.7. The van der Waals surface area contributed by atoms with Crippen molar-refractivity contribution in [2.75, 3.05) is 46.0 Å². The van der Waals surface area contributed by atoms with Crippen molar-refractivity contribution in [1.82, 2.24) is 0 Å². The molecule has 0 saturated heterocycles. The number of anilines is 1. The SMILES string of the molecule is COC(=O)COc1ccc(CC(=O)OCCOC(=O)Nc2ccc(OCC(=O)OC)cc2)cc1. The lowest BCUT2D eigenvalue weighted by molar-refractivity contribution is -0.144. The molecule has 34 heavy (non-hydrogen) atoms. The van der Waals surface area contributed by atoms with Crippen molar-refractivity contribution in [3.63, 3.8) is 0 Å². The predicted octanol–water partition coefficient (Wildman–Crippen LogP) is 2.12. The molecule has 0 aromatic heterocycles. The molecule has 0 bridgehead atoms. The van der Waals surface area contributed by atoms with Gasteiger partial charge in [-0.15, -0.1) is 0 Å². The average molecular weight is 475 g/mol. The molecule has 11 nitrogen and oxygen atoms in total. The molecule has 0 aliphatic carbocycles. The highest BCUT2D eigenvalue weighted by Crippen LogP contribution is 2.16. The molecule has 2 aromatic rings. The van der Waals surface area contributed by atoms with Crippen LogP contribution in [0.1, 0.15) is 5.56 Å². The third-order valence-electron chi connectivity index (χ3n) is 4.12. The number of carbonyl (C=O) groups is 4. The molecule has 11 heteroatoms. The van der Waals surface area contributed by atoms with Crippen LogP contribution in [-0.4, -0.2) is 64.6 Å². The maximum Gasteiger partial charge on any atom is 0.411 e. The first-order chi connectivity index (χ1) is 16.4. The van der Waals surface area contributed by atoms with Gasteiger partial charge in [0.2, 0.25) is 0 Å². The van der Waals surface area contributed by atoms with Crippen LogP contribution < -0.4 is 14.8 Å². The van der Waals surface area contributed by atoms with Crippen LogP contribution in [-0.2, 0) is 39.8 Å². The van der Waals surface area contributed by atoms with E-state index in [1.54, 1.807) is 48.5 Å². The highest BCUT2D eigenvalue weighted by Gasteiger charge is 2.08. The summed E-state index contributed by atoms with van der Waals surface area (Å²) in [6, 6.07) is 12.9. The zero-order valence-electron chi connectivity index (χ0n) is 18.7. The van der Waals surface area contributed by atoms with Crippen molar-refractivity contribution in [2.45, 2.75) is 6.42 Å². The Labute approximate surface area is 195 Å². The number of amides is 1. The Balaban J connectivity index is 1.62. The molecule has 0 spiro atoms. The Morgan fingerprint density at radius 3 is 1.71 bits per heavy atom. The fourth-order valence-corrected chi connectivity index (χ4v) is 2.40. The number of rotatable bonds is 12. The van der Waals surface area contributed by atoms with Gasteiger partial charge in [-0.2, -0.15) is 0 Å². The standard InChI is InChI=1S/C23H25NO10/c1-29-21(26)14-33-18-7-3-16(4-8-18)13-20(25)31-11-12-32-23(28)24-17-5-9-19(10-6-17)34-15-22(27)30-2/h3-10H,11-15H2,1-2H3,(H,24,28). The number of benzene rings is 2. The minimum atomic E-state index is -0.721. The van der Waals surface area contributed by atoms with Crippen LogP contribution >= 0.6 is 0 Å². The van der Waals surface area contributed by atoms with Crippen molar-refractivity contribution in [2.24, 2.45) is 0 Å². The molecule has 0 aliphatic rings. The molecule has 2 rings (SSSR count). The van der Waals surface area contributed by atoms with Crippen LogP contribution in [0, 0.1) is 0 Å². The number of hydrogen-bond acceptors (Lipinski definition) is 10. The largest absolute Gasteiger partial charge is 0.482 e. The summed E-state index contributed by atoms with van der Waals surface area (Å²) in [4.78, 5) is 45.9. The van der Waals surface area contributed by atoms with E-state index in [0.29, 0.717) is 22.7 Å². The minimum Gasteiger partial charge on any atom is -0.482 e. The second-order valence-corrected chi connectivity index (χ2v) is 6.56. The maximum atomic E-state index is 11.9. The lowest BCUT2D eigenvalue weighted by atomic mass is 10.1. The summed E-state index contributed by atoms with van der Waals surface area (Å²) < 4.78 is 29.4. The van der Waals surface area contributed by atoms with Gasteiger partial charge < -0.3 is 28.4 Å². The van der Waals surface area contributed by atoms with E-state index in [0.717, 1.165) is 0 Å². The monoisotopic (exact) mass is 475 g/mol. The third kappa shape index (κ3) is 9.90. The summed E-state index contributed by atoms with van der Waals surface area (Å²) in [6.07, 6.45) is -0.699. The molecular weight excluding hydrogens is 450 g/mol. The zero-order chi connectivity index (χ0) is 24.8. The van der Waals surface area contributed by atoms with E-state index >= 15 is 0 Å². The Hall–Kier alpha value is -4.28. The van der Waals surface area contributed by atoms with Gasteiger partial charge >= 0.3 is 24.0 Å². The van der Waals surface area contributed by atoms with Gasteiger partial charge in [0.1, 0.15) is 24.7 Å². The van der Waals surface area contributed by atoms with Gasteiger partial charge in [0.15, 0.2) is 13.2 Å². The average Bonchev–Trinajstić information content (AvgIpc) is 2.85.